The summed E-state index contributed by atoms with van der Waals surface area (Å²) in [6.45, 7) is 0. The van der Waals surface area contributed by atoms with Crippen LogP contribution in [0.4, 0.5) is 0 Å². The van der Waals surface area contributed by atoms with E-state index in [1.54, 1.807) is 43.4 Å². The highest BCUT2D eigenvalue weighted by Gasteiger charge is 2.18. The molecule has 0 amide bonds. The summed E-state index contributed by atoms with van der Waals surface area (Å²) in [5.74, 6) is 0.519. The molecule has 0 aliphatic rings. The maximum absolute atomic E-state index is 10.2. The minimum Gasteiger partial charge on any atom is -0.481 e. The summed E-state index contributed by atoms with van der Waals surface area (Å²) in [6.07, 6.45) is 2.47. The van der Waals surface area contributed by atoms with E-state index in [1.807, 2.05) is 0 Å². The summed E-state index contributed by atoms with van der Waals surface area (Å²) in [5.41, 5.74) is 1.38. The van der Waals surface area contributed by atoms with Gasteiger partial charge >= 0.3 is 0 Å². The number of hydrogen-bond acceptors (Lipinski definition) is 4. The van der Waals surface area contributed by atoms with E-state index >= 15 is 0 Å². The van der Waals surface area contributed by atoms with E-state index in [0.717, 1.165) is 4.47 Å². The number of aryl methyl sites for hydroxylation is 1. The number of hydrogen-bond donors (Lipinski definition) is 1. The third kappa shape index (κ3) is 2.32. The molecule has 0 spiro atoms. The van der Waals surface area contributed by atoms with Crippen LogP contribution >= 0.6 is 15.9 Å². The monoisotopic (exact) mass is 297 g/mol. The smallest absolute Gasteiger partial charge is 0.212 e. The predicted octanol–water partition coefficient (Wildman–Crippen LogP) is 1.67. The Balaban J connectivity index is 2.33. The fourth-order valence-corrected chi connectivity index (χ4v) is 2.12. The summed E-state index contributed by atoms with van der Waals surface area (Å²) < 4.78 is 7.36. The van der Waals surface area contributed by atoms with Crippen LogP contribution in [0.25, 0.3) is 0 Å². The quantitative estimate of drug-likeness (QED) is 0.936. The number of aliphatic hydroxyl groups is 1. The molecule has 0 fully saturated rings. The van der Waals surface area contributed by atoms with E-state index in [1.165, 1.54) is 0 Å². The molecule has 6 heteroatoms. The van der Waals surface area contributed by atoms with Crippen molar-refractivity contribution in [2.24, 2.45) is 7.05 Å². The molecular formula is C11H12BrN3O2. The third-order valence-corrected chi connectivity index (χ3v) is 3.09. The Hall–Kier alpha value is -1.40. The van der Waals surface area contributed by atoms with Gasteiger partial charge in [-0.2, -0.15) is 5.10 Å². The molecule has 0 aromatic carbocycles. The highest BCUT2D eigenvalue weighted by atomic mass is 79.9. The van der Waals surface area contributed by atoms with Gasteiger partial charge in [0.2, 0.25) is 5.88 Å². The van der Waals surface area contributed by atoms with Gasteiger partial charge in [0, 0.05) is 24.9 Å². The van der Waals surface area contributed by atoms with Gasteiger partial charge in [-0.15, -0.1) is 0 Å². The molecule has 2 aromatic rings. The van der Waals surface area contributed by atoms with Crippen LogP contribution in [0.2, 0.25) is 0 Å². The van der Waals surface area contributed by atoms with Crippen LogP contribution in [0.15, 0.2) is 29.0 Å². The number of pyridine rings is 1. The molecule has 2 rings (SSSR count). The van der Waals surface area contributed by atoms with Gasteiger partial charge < -0.3 is 9.84 Å². The fourth-order valence-electron chi connectivity index (χ4n) is 1.56. The van der Waals surface area contributed by atoms with Crippen molar-refractivity contribution in [3.8, 4) is 5.88 Å². The lowest BCUT2D eigenvalue weighted by molar-refractivity contribution is 0.208. The average Bonchev–Trinajstić information content (AvgIpc) is 2.68. The molecule has 0 saturated heterocycles. The van der Waals surface area contributed by atoms with Crippen LogP contribution in [0.3, 0.4) is 0 Å². The maximum atomic E-state index is 10.2. The van der Waals surface area contributed by atoms with Gasteiger partial charge in [-0.25, -0.2) is 4.98 Å². The van der Waals surface area contributed by atoms with E-state index in [-0.39, 0.29) is 0 Å². The van der Waals surface area contributed by atoms with E-state index in [4.69, 9.17) is 4.74 Å². The van der Waals surface area contributed by atoms with Crippen LogP contribution in [0.5, 0.6) is 5.88 Å². The van der Waals surface area contributed by atoms with Crippen LogP contribution in [-0.2, 0) is 7.05 Å². The van der Waals surface area contributed by atoms with Gasteiger partial charge in [-0.05, 0) is 22.0 Å². The maximum Gasteiger partial charge on any atom is 0.212 e. The number of methoxy groups -OCH3 is 1. The first-order valence-corrected chi connectivity index (χ1v) is 5.78. The normalized spacial score (nSPS) is 12.5. The molecule has 0 saturated carbocycles. The molecule has 1 N–H and O–H groups in total. The Morgan fingerprint density at radius 1 is 1.41 bits per heavy atom. The largest absolute Gasteiger partial charge is 0.481 e. The zero-order chi connectivity index (χ0) is 12.4. The Bertz CT molecular complexity index is 490. The Morgan fingerprint density at radius 2 is 2.18 bits per heavy atom. The van der Waals surface area contributed by atoms with E-state index in [9.17, 15) is 5.11 Å². The van der Waals surface area contributed by atoms with Crippen molar-refractivity contribution in [2.75, 3.05) is 7.11 Å². The molecule has 0 radical (unpaired) electrons. The Kier molecular flexibility index (Phi) is 3.44. The lowest BCUT2D eigenvalue weighted by atomic mass is 10.1. The second kappa shape index (κ2) is 4.85. The summed E-state index contributed by atoms with van der Waals surface area (Å²) in [4.78, 5) is 4.06. The van der Waals surface area contributed by atoms with Crippen LogP contribution in [0, 0.1) is 0 Å². The zero-order valence-electron chi connectivity index (χ0n) is 9.46. The SMILES string of the molecule is COc1ccc(C(O)c2c(Br)cnn2C)cn1. The highest BCUT2D eigenvalue weighted by Crippen LogP contribution is 2.27. The minimum absolute atomic E-state index is 0.519. The first-order valence-electron chi connectivity index (χ1n) is 4.99. The molecular weight excluding hydrogens is 286 g/mol. The van der Waals surface area contributed by atoms with Gasteiger partial charge in [0.1, 0.15) is 6.10 Å². The molecule has 5 nitrogen and oxygen atoms in total. The fraction of sp³-hybridized carbons (Fsp3) is 0.273. The van der Waals surface area contributed by atoms with Crippen molar-refractivity contribution < 1.29 is 9.84 Å². The molecule has 0 aliphatic heterocycles. The van der Waals surface area contributed by atoms with Crippen molar-refractivity contribution in [1.29, 1.82) is 0 Å². The summed E-state index contributed by atoms with van der Waals surface area (Å²) >= 11 is 3.35. The summed E-state index contributed by atoms with van der Waals surface area (Å²) in [6, 6.07) is 3.48. The third-order valence-electron chi connectivity index (χ3n) is 2.48. The van der Waals surface area contributed by atoms with Crippen LogP contribution < -0.4 is 4.74 Å². The highest BCUT2D eigenvalue weighted by molar-refractivity contribution is 9.10. The van der Waals surface area contributed by atoms with Gasteiger partial charge in [-0.3, -0.25) is 4.68 Å². The molecule has 17 heavy (non-hydrogen) atoms. The molecule has 2 aromatic heterocycles. The van der Waals surface area contributed by atoms with E-state index in [0.29, 0.717) is 17.1 Å². The molecule has 0 aliphatic carbocycles. The molecule has 2 heterocycles. The Morgan fingerprint density at radius 3 is 2.65 bits per heavy atom. The minimum atomic E-state index is -0.768. The number of aromatic nitrogens is 3. The number of ether oxygens (including phenoxy) is 1. The number of aliphatic hydroxyl groups excluding tert-OH is 1. The van der Waals surface area contributed by atoms with Gasteiger partial charge in [0.25, 0.3) is 0 Å². The molecule has 0 bridgehead atoms. The number of rotatable bonds is 3. The lowest BCUT2D eigenvalue weighted by Crippen LogP contribution is -2.07. The first-order chi connectivity index (χ1) is 8.13. The van der Waals surface area contributed by atoms with Crippen molar-refractivity contribution >= 4 is 15.9 Å². The van der Waals surface area contributed by atoms with Crippen molar-refractivity contribution in [1.82, 2.24) is 14.8 Å². The number of nitrogens with zero attached hydrogens (tertiary/aromatic N) is 3. The van der Waals surface area contributed by atoms with Crippen molar-refractivity contribution in [3.05, 3.63) is 40.3 Å². The molecule has 90 valence electrons. The first kappa shape index (κ1) is 12.1. The van der Waals surface area contributed by atoms with Gasteiger partial charge in [0.15, 0.2) is 0 Å². The zero-order valence-corrected chi connectivity index (χ0v) is 11.0. The summed E-state index contributed by atoms with van der Waals surface area (Å²) in [5, 5.41) is 14.3. The van der Waals surface area contributed by atoms with Gasteiger partial charge in [0.05, 0.1) is 23.5 Å². The standard InChI is InChI=1S/C11H12BrN3O2/c1-15-10(8(12)6-14-15)11(16)7-3-4-9(17-2)13-5-7/h3-6,11,16H,1-2H3. The second-order valence-electron chi connectivity index (χ2n) is 3.54. The van der Waals surface area contributed by atoms with Crippen LogP contribution in [-0.4, -0.2) is 27.0 Å². The van der Waals surface area contributed by atoms with Gasteiger partial charge in [-0.1, -0.05) is 0 Å². The topological polar surface area (TPSA) is 60.2 Å². The van der Waals surface area contributed by atoms with E-state index in [2.05, 4.69) is 26.0 Å². The number of halogens is 1. The van der Waals surface area contributed by atoms with E-state index < -0.39 is 6.10 Å². The average molecular weight is 298 g/mol. The predicted molar refractivity (Wildman–Crippen MR) is 65.8 cm³/mol. The summed E-state index contributed by atoms with van der Waals surface area (Å²) in [7, 11) is 3.33. The molecule has 1 unspecified atom stereocenters. The van der Waals surface area contributed by atoms with Crippen molar-refractivity contribution in [3.63, 3.8) is 0 Å². The molecule has 1 atom stereocenters. The van der Waals surface area contributed by atoms with Crippen molar-refractivity contribution in [2.45, 2.75) is 6.10 Å². The second-order valence-corrected chi connectivity index (χ2v) is 4.39. The van der Waals surface area contributed by atoms with Crippen LogP contribution in [0.1, 0.15) is 17.4 Å². The Labute approximate surface area is 107 Å². The lowest BCUT2D eigenvalue weighted by Gasteiger charge is -2.12.